The van der Waals surface area contributed by atoms with Crippen LogP contribution in [0.2, 0.25) is 0 Å². The number of imidazole rings is 1. The smallest absolute Gasteiger partial charge is 0.356 e. The third-order valence-corrected chi connectivity index (χ3v) is 4.83. The molecule has 6 nitrogen and oxygen atoms in total. The lowest BCUT2D eigenvalue weighted by Crippen LogP contribution is -2.18. The maximum atomic E-state index is 12.1. The largest absolute Gasteiger partial charge is 0.497 e. The summed E-state index contributed by atoms with van der Waals surface area (Å²) in [4.78, 5) is 16.8. The highest BCUT2D eigenvalue weighted by atomic mass is 16.5. The normalized spacial score (nSPS) is 12.8. The van der Waals surface area contributed by atoms with Crippen molar-refractivity contribution >= 4 is 16.9 Å². The Hall–Kier alpha value is -2.76. The molecule has 1 aliphatic heterocycles. The molecule has 1 aliphatic rings. The molecule has 0 N–H and O–H groups in total. The highest BCUT2D eigenvalue weighted by Gasteiger charge is 2.30. The first-order valence-corrected chi connectivity index (χ1v) is 7.88. The maximum Gasteiger partial charge on any atom is 0.356 e. The van der Waals surface area contributed by atoms with Crippen LogP contribution in [0.5, 0.6) is 5.75 Å². The van der Waals surface area contributed by atoms with E-state index < -0.39 is 0 Å². The molecule has 0 aliphatic carbocycles. The van der Waals surface area contributed by atoms with Gasteiger partial charge in [0.1, 0.15) is 5.75 Å². The summed E-state index contributed by atoms with van der Waals surface area (Å²) in [6.07, 6.45) is 0.840. The Morgan fingerprint density at radius 2 is 2.08 bits per heavy atom. The van der Waals surface area contributed by atoms with Crippen LogP contribution >= 0.6 is 0 Å². The van der Waals surface area contributed by atoms with E-state index in [1.807, 2.05) is 24.6 Å². The van der Waals surface area contributed by atoms with Gasteiger partial charge in [-0.2, -0.15) is 0 Å². The first-order chi connectivity index (χ1) is 11.6. The van der Waals surface area contributed by atoms with Crippen LogP contribution in [-0.4, -0.2) is 34.3 Å². The molecular weight excluding hydrogens is 306 g/mol. The van der Waals surface area contributed by atoms with Gasteiger partial charge in [-0.05, 0) is 37.1 Å². The number of rotatable bonds is 2. The molecule has 0 amide bonds. The predicted octanol–water partition coefficient (Wildman–Crippen LogP) is 2.70. The number of methoxy groups -OCH3 is 2. The van der Waals surface area contributed by atoms with E-state index >= 15 is 0 Å². The van der Waals surface area contributed by atoms with Gasteiger partial charge in [0.2, 0.25) is 0 Å². The molecule has 0 saturated carbocycles. The molecule has 0 atom stereocenters. The fourth-order valence-corrected chi connectivity index (χ4v) is 3.71. The van der Waals surface area contributed by atoms with E-state index in [2.05, 4.69) is 21.7 Å². The summed E-state index contributed by atoms with van der Waals surface area (Å²) in [5.41, 5.74) is 4.69. The lowest BCUT2D eigenvalue weighted by molar-refractivity contribution is 0.0587. The number of hydrogen-bond acceptors (Lipinski definition) is 4. The van der Waals surface area contributed by atoms with E-state index in [-0.39, 0.29) is 5.97 Å². The molecule has 0 spiro atoms. The first kappa shape index (κ1) is 14.8. The fraction of sp³-hybridized carbons (Fsp3) is 0.333. The summed E-state index contributed by atoms with van der Waals surface area (Å²) < 4.78 is 14.4. The highest BCUT2D eigenvalue weighted by Crippen LogP contribution is 2.38. The molecule has 0 bridgehead atoms. The first-order valence-electron chi connectivity index (χ1n) is 7.88. The summed E-state index contributed by atoms with van der Waals surface area (Å²) in [6, 6.07) is 6.10. The van der Waals surface area contributed by atoms with Gasteiger partial charge < -0.3 is 18.6 Å². The molecule has 1 aromatic carbocycles. The standard InChI is InChI=1S/C18H19N3O3/c1-10-15(18(22)24-4)21-8-7-12-13-9-11(23-3)5-6-14(13)20(2)16(12)17(21)19-10/h5-6,9H,7-8H2,1-4H3. The zero-order valence-electron chi connectivity index (χ0n) is 14.2. The zero-order chi connectivity index (χ0) is 17.0. The molecule has 4 rings (SSSR count). The molecule has 0 unspecified atom stereocenters. The Bertz CT molecular complexity index is 981. The van der Waals surface area contributed by atoms with Crippen LogP contribution in [0.1, 0.15) is 21.7 Å². The van der Waals surface area contributed by atoms with Crippen molar-refractivity contribution in [3.8, 4) is 17.3 Å². The van der Waals surface area contributed by atoms with Crippen molar-refractivity contribution in [1.82, 2.24) is 14.1 Å². The summed E-state index contributed by atoms with van der Waals surface area (Å²) >= 11 is 0. The lowest BCUT2D eigenvalue weighted by atomic mass is 10.0. The molecule has 6 heteroatoms. The van der Waals surface area contributed by atoms with Crippen LogP contribution < -0.4 is 4.74 Å². The zero-order valence-corrected chi connectivity index (χ0v) is 14.2. The fourth-order valence-electron chi connectivity index (χ4n) is 3.71. The minimum atomic E-state index is -0.338. The molecular formula is C18H19N3O3. The number of fused-ring (bicyclic) bond motifs is 5. The molecule has 0 saturated heterocycles. The summed E-state index contributed by atoms with van der Waals surface area (Å²) in [6.45, 7) is 2.56. The van der Waals surface area contributed by atoms with Crippen molar-refractivity contribution in [2.75, 3.05) is 14.2 Å². The van der Waals surface area contributed by atoms with Crippen molar-refractivity contribution in [1.29, 1.82) is 0 Å². The van der Waals surface area contributed by atoms with Crippen LogP contribution in [0.4, 0.5) is 0 Å². The van der Waals surface area contributed by atoms with Crippen molar-refractivity contribution < 1.29 is 14.3 Å². The molecule has 124 valence electrons. The topological polar surface area (TPSA) is 58.3 Å². The van der Waals surface area contributed by atoms with Crippen molar-refractivity contribution in [3.63, 3.8) is 0 Å². The second-order valence-corrected chi connectivity index (χ2v) is 6.03. The van der Waals surface area contributed by atoms with Crippen molar-refractivity contribution in [2.24, 2.45) is 7.05 Å². The Labute approximate surface area is 139 Å². The quantitative estimate of drug-likeness (QED) is 0.680. The number of hydrogen-bond donors (Lipinski definition) is 0. The molecule has 3 aromatic rings. The van der Waals surface area contributed by atoms with Gasteiger partial charge in [-0.15, -0.1) is 0 Å². The number of nitrogens with zero attached hydrogens (tertiary/aromatic N) is 3. The predicted molar refractivity (Wildman–Crippen MR) is 90.5 cm³/mol. The van der Waals surface area contributed by atoms with Crippen molar-refractivity contribution in [3.05, 3.63) is 35.2 Å². The summed E-state index contributed by atoms with van der Waals surface area (Å²) in [5, 5.41) is 1.18. The average molecular weight is 325 g/mol. The van der Waals surface area contributed by atoms with Crippen LogP contribution in [0.15, 0.2) is 18.2 Å². The second-order valence-electron chi connectivity index (χ2n) is 6.03. The van der Waals surface area contributed by atoms with Crippen molar-refractivity contribution in [2.45, 2.75) is 19.9 Å². The Kier molecular flexibility index (Phi) is 3.16. The van der Waals surface area contributed by atoms with Crippen LogP contribution in [-0.2, 0) is 24.8 Å². The van der Waals surface area contributed by atoms with Crippen LogP contribution in [0.25, 0.3) is 22.4 Å². The SMILES string of the molecule is COC(=O)c1c(C)nc2n1CCc1c-2n(C)c2ccc(OC)cc12. The molecule has 0 radical (unpaired) electrons. The van der Waals surface area contributed by atoms with Gasteiger partial charge in [-0.3, -0.25) is 0 Å². The number of aryl methyl sites for hydroxylation is 3. The Morgan fingerprint density at radius 3 is 2.79 bits per heavy atom. The van der Waals surface area contributed by atoms with E-state index in [4.69, 9.17) is 9.47 Å². The number of carbonyl (C=O) groups is 1. The van der Waals surface area contributed by atoms with E-state index in [9.17, 15) is 4.79 Å². The molecule has 24 heavy (non-hydrogen) atoms. The number of aromatic nitrogens is 3. The van der Waals surface area contributed by atoms with Gasteiger partial charge in [-0.25, -0.2) is 9.78 Å². The van der Waals surface area contributed by atoms with Gasteiger partial charge in [-0.1, -0.05) is 0 Å². The van der Waals surface area contributed by atoms with E-state index in [0.717, 1.165) is 29.2 Å². The highest BCUT2D eigenvalue weighted by molar-refractivity contribution is 5.94. The number of esters is 1. The lowest BCUT2D eigenvalue weighted by Gasteiger charge is -2.18. The summed E-state index contributed by atoms with van der Waals surface area (Å²) in [7, 11) is 5.11. The van der Waals surface area contributed by atoms with Gasteiger partial charge in [0.15, 0.2) is 11.5 Å². The third kappa shape index (κ3) is 1.82. The molecule has 0 fully saturated rings. The van der Waals surface area contributed by atoms with Crippen LogP contribution in [0, 0.1) is 6.92 Å². The van der Waals surface area contributed by atoms with Gasteiger partial charge in [0.05, 0.1) is 25.6 Å². The second kappa shape index (κ2) is 5.12. The Morgan fingerprint density at radius 1 is 1.29 bits per heavy atom. The molecule has 3 heterocycles. The monoisotopic (exact) mass is 325 g/mol. The number of ether oxygens (including phenoxy) is 2. The van der Waals surface area contributed by atoms with Gasteiger partial charge in [0.25, 0.3) is 0 Å². The Balaban J connectivity index is 2.01. The van der Waals surface area contributed by atoms with E-state index in [1.54, 1.807) is 7.11 Å². The minimum Gasteiger partial charge on any atom is -0.497 e. The minimum absolute atomic E-state index is 0.338. The number of carbonyl (C=O) groups excluding carboxylic acids is 1. The summed E-state index contributed by atoms with van der Waals surface area (Å²) in [5.74, 6) is 1.33. The molecule has 2 aromatic heterocycles. The number of benzene rings is 1. The van der Waals surface area contributed by atoms with Gasteiger partial charge in [0, 0.05) is 24.5 Å². The maximum absolute atomic E-state index is 12.1. The average Bonchev–Trinajstić information content (AvgIpc) is 3.08. The third-order valence-electron chi connectivity index (χ3n) is 4.83. The van der Waals surface area contributed by atoms with Gasteiger partial charge >= 0.3 is 5.97 Å². The van der Waals surface area contributed by atoms with Crippen LogP contribution in [0.3, 0.4) is 0 Å². The van der Waals surface area contributed by atoms with E-state index in [1.165, 1.54) is 18.1 Å². The van der Waals surface area contributed by atoms with E-state index in [0.29, 0.717) is 17.9 Å².